The van der Waals surface area contributed by atoms with E-state index in [0.29, 0.717) is 13.1 Å². The Hall–Kier alpha value is -2.08. The predicted molar refractivity (Wildman–Crippen MR) is 80.2 cm³/mol. The van der Waals surface area contributed by atoms with Gasteiger partial charge in [0.1, 0.15) is 6.10 Å². The highest BCUT2D eigenvalue weighted by atomic mass is 16.5. The number of amides is 3. The van der Waals surface area contributed by atoms with E-state index in [9.17, 15) is 9.59 Å². The summed E-state index contributed by atoms with van der Waals surface area (Å²) in [5.41, 5.74) is 2.28. The van der Waals surface area contributed by atoms with Crippen LogP contribution in [0.5, 0.6) is 0 Å². The molecule has 114 valence electrons. The molecule has 2 atom stereocenters. The molecule has 6 heteroatoms. The minimum Gasteiger partial charge on any atom is -0.382 e. The van der Waals surface area contributed by atoms with E-state index in [2.05, 4.69) is 16.0 Å². The molecule has 3 N–H and O–H groups in total. The van der Waals surface area contributed by atoms with Crippen molar-refractivity contribution in [3.05, 3.63) is 29.8 Å². The largest absolute Gasteiger partial charge is 0.382 e. The van der Waals surface area contributed by atoms with Crippen molar-refractivity contribution in [1.29, 1.82) is 0 Å². The van der Waals surface area contributed by atoms with Crippen LogP contribution in [-0.2, 0) is 16.0 Å². The van der Waals surface area contributed by atoms with E-state index < -0.39 is 18.0 Å². The third-order valence-electron chi connectivity index (χ3n) is 3.32. The number of carbonyl (C=O) groups is 2. The summed E-state index contributed by atoms with van der Waals surface area (Å²) in [5.74, 6) is -0.431. The topological polar surface area (TPSA) is 79.5 Å². The van der Waals surface area contributed by atoms with Gasteiger partial charge in [-0.2, -0.15) is 0 Å². The fraction of sp³-hybridized carbons (Fsp3) is 0.467. The molecule has 2 rings (SSSR count). The van der Waals surface area contributed by atoms with Crippen molar-refractivity contribution < 1.29 is 14.3 Å². The van der Waals surface area contributed by atoms with Gasteiger partial charge in [-0.25, -0.2) is 4.79 Å². The van der Waals surface area contributed by atoms with Crippen molar-refractivity contribution in [1.82, 2.24) is 10.6 Å². The van der Waals surface area contributed by atoms with E-state index in [1.165, 1.54) is 5.56 Å². The minimum absolute atomic E-state index is 0.0881. The van der Waals surface area contributed by atoms with Crippen molar-refractivity contribution in [3.8, 4) is 0 Å². The van der Waals surface area contributed by atoms with Gasteiger partial charge in [0.15, 0.2) is 0 Å². The molecular formula is C15H21N3O3. The Kier molecular flexibility index (Phi) is 5.16. The number of imide groups is 1. The van der Waals surface area contributed by atoms with Crippen LogP contribution in [0.1, 0.15) is 19.4 Å². The lowest BCUT2D eigenvalue weighted by molar-refractivity contribution is -0.133. The Morgan fingerprint density at radius 2 is 2.19 bits per heavy atom. The Morgan fingerprint density at radius 3 is 2.95 bits per heavy atom. The van der Waals surface area contributed by atoms with E-state index in [1.807, 2.05) is 24.3 Å². The minimum atomic E-state index is -0.676. The second-order valence-electron chi connectivity index (χ2n) is 4.99. The van der Waals surface area contributed by atoms with Gasteiger partial charge in [0.2, 0.25) is 0 Å². The maximum absolute atomic E-state index is 11.8. The number of urea groups is 1. The van der Waals surface area contributed by atoms with Crippen LogP contribution in [0.15, 0.2) is 24.3 Å². The molecule has 0 bridgehead atoms. The fourth-order valence-electron chi connectivity index (χ4n) is 2.28. The second kappa shape index (κ2) is 7.08. The molecule has 21 heavy (non-hydrogen) atoms. The van der Waals surface area contributed by atoms with Crippen LogP contribution in [0.4, 0.5) is 10.5 Å². The third kappa shape index (κ3) is 4.19. The number of benzene rings is 1. The standard InChI is InChI=1S/C15H21N3O3/c1-3-16-15(20)18-14(19)10(2)21-12-8-11-6-4-5-7-13(11)17-9-12/h4-7,10,12,17H,3,8-9H2,1-2H3,(H2,16,18,19,20). The number of carbonyl (C=O) groups excluding carboxylic acids is 2. The van der Waals surface area contributed by atoms with Crippen molar-refractivity contribution in [3.63, 3.8) is 0 Å². The van der Waals surface area contributed by atoms with Crippen LogP contribution in [-0.4, -0.2) is 37.2 Å². The molecule has 1 heterocycles. The number of ether oxygens (including phenoxy) is 1. The average molecular weight is 291 g/mol. The quantitative estimate of drug-likeness (QED) is 0.780. The first-order valence-corrected chi connectivity index (χ1v) is 7.16. The molecule has 0 saturated carbocycles. The van der Waals surface area contributed by atoms with E-state index in [-0.39, 0.29) is 6.10 Å². The number of fused-ring (bicyclic) bond motifs is 1. The van der Waals surface area contributed by atoms with Crippen LogP contribution < -0.4 is 16.0 Å². The van der Waals surface area contributed by atoms with Gasteiger partial charge < -0.3 is 15.4 Å². The summed E-state index contributed by atoms with van der Waals surface area (Å²) in [7, 11) is 0. The van der Waals surface area contributed by atoms with Gasteiger partial charge >= 0.3 is 6.03 Å². The highest BCUT2D eigenvalue weighted by Gasteiger charge is 2.24. The monoisotopic (exact) mass is 291 g/mol. The molecule has 0 aliphatic carbocycles. The zero-order valence-corrected chi connectivity index (χ0v) is 12.3. The lowest BCUT2D eigenvalue weighted by Crippen LogP contribution is -2.46. The molecule has 1 aliphatic heterocycles. The van der Waals surface area contributed by atoms with Crippen LogP contribution in [0.2, 0.25) is 0 Å². The molecule has 0 spiro atoms. The number of nitrogens with one attached hydrogen (secondary N) is 3. The smallest absolute Gasteiger partial charge is 0.321 e. The molecule has 0 radical (unpaired) electrons. The summed E-state index contributed by atoms with van der Waals surface area (Å²) >= 11 is 0. The SMILES string of the molecule is CCNC(=O)NC(=O)C(C)OC1CNc2ccccc2C1. The van der Waals surface area contributed by atoms with Gasteiger partial charge in [0.05, 0.1) is 6.10 Å². The van der Waals surface area contributed by atoms with Gasteiger partial charge in [0, 0.05) is 25.2 Å². The van der Waals surface area contributed by atoms with Crippen LogP contribution in [0.3, 0.4) is 0 Å². The summed E-state index contributed by atoms with van der Waals surface area (Å²) in [6, 6.07) is 7.53. The van der Waals surface area contributed by atoms with Gasteiger partial charge in [-0.05, 0) is 25.5 Å². The third-order valence-corrected chi connectivity index (χ3v) is 3.32. The molecule has 0 saturated heterocycles. The predicted octanol–water partition coefficient (Wildman–Crippen LogP) is 1.27. The second-order valence-corrected chi connectivity index (χ2v) is 4.99. The summed E-state index contributed by atoms with van der Waals surface area (Å²) < 4.78 is 5.73. The van der Waals surface area contributed by atoms with Crippen LogP contribution >= 0.6 is 0 Å². The molecule has 6 nitrogen and oxygen atoms in total. The fourth-order valence-corrected chi connectivity index (χ4v) is 2.28. The maximum Gasteiger partial charge on any atom is 0.321 e. The maximum atomic E-state index is 11.8. The van der Waals surface area contributed by atoms with Crippen molar-refractivity contribution in [2.75, 3.05) is 18.4 Å². The van der Waals surface area contributed by atoms with E-state index >= 15 is 0 Å². The summed E-state index contributed by atoms with van der Waals surface area (Å²) in [5, 5.41) is 8.05. The van der Waals surface area contributed by atoms with E-state index in [4.69, 9.17) is 4.74 Å². The highest BCUT2D eigenvalue weighted by Crippen LogP contribution is 2.22. The summed E-state index contributed by atoms with van der Waals surface area (Å²) in [6.45, 7) is 4.55. The molecule has 1 aromatic rings. The Morgan fingerprint density at radius 1 is 1.43 bits per heavy atom. The zero-order valence-electron chi connectivity index (χ0n) is 12.3. The van der Waals surface area contributed by atoms with Crippen molar-refractivity contribution >= 4 is 17.6 Å². The van der Waals surface area contributed by atoms with Crippen LogP contribution in [0, 0.1) is 0 Å². The van der Waals surface area contributed by atoms with Crippen molar-refractivity contribution in [2.24, 2.45) is 0 Å². The van der Waals surface area contributed by atoms with Gasteiger partial charge in [-0.3, -0.25) is 10.1 Å². The lowest BCUT2D eigenvalue weighted by Gasteiger charge is -2.28. The highest BCUT2D eigenvalue weighted by molar-refractivity contribution is 5.96. The molecule has 0 fully saturated rings. The molecule has 3 amide bonds. The normalized spacial score (nSPS) is 18.1. The Labute approximate surface area is 124 Å². The van der Waals surface area contributed by atoms with Gasteiger partial charge in [-0.1, -0.05) is 18.2 Å². The average Bonchev–Trinajstić information content (AvgIpc) is 2.47. The first-order chi connectivity index (χ1) is 10.1. The summed E-state index contributed by atoms with van der Waals surface area (Å²) in [4.78, 5) is 23.1. The van der Waals surface area contributed by atoms with E-state index in [1.54, 1.807) is 13.8 Å². The van der Waals surface area contributed by atoms with Gasteiger partial charge in [-0.15, -0.1) is 0 Å². The number of hydrogen-bond acceptors (Lipinski definition) is 4. The molecule has 0 aromatic heterocycles. The number of para-hydroxylation sites is 1. The first kappa shape index (κ1) is 15.3. The summed E-state index contributed by atoms with van der Waals surface area (Å²) in [6.07, 6.45) is -0.0124. The molecule has 1 aliphatic rings. The number of hydrogen-bond donors (Lipinski definition) is 3. The number of rotatable bonds is 4. The molecular weight excluding hydrogens is 270 g/mol. The lowest BCUT2D eigenvalue weighted by atomic mass is 10.0. The van der Waals surface area contributed by atoms with Crippen molar-refractivity contribution in [2.45, 2.75) is 32.5 Å². The van der Waals surface area contributed by atoms with Gasteiger partial charge in [0.25, 0.3) is 5.91 Å². The van der Waals surface area contributed by atoms with Crippen LogP contribution in [0.25, 0.3) is 0 Å². The molecule has 2 unspecified atom stereocenters. The Balaban J connectivity index is 1.85. The number of anilines is 1. The van der Waals surface area contributed by atoms with E-state index in [0.717, 1.165) is 12.1 Å². The first-order valence-electron chi connectivity index (χ1n) is 7.16. The molecule has 1 aromatic carbocycles. The zero-order chi connectivity index (χ0) is 15.2. The Bertz CT molecular complexity index is 519.